The van der Waals surface area contributed by atoms with E-state index in [0.29, 0.717) is 0 Å². The number of carboxylic acids is 1. The van der Waals surface area contributed by atoms with Gasteiger partial charge in [0.1, 0.15) is 5.82 Å². The molecule has 0 spiro atoms. The van der Waals surface area contributed by atoms with Crippen LogP contribution in [0.4, 0.5) is 0 Å². The van der Waals surface area contributed by atoms with Crippen LogP contribution < -0.4 is 0 Å². The molecule has 106 valence electrons. The molecule has 1 aliphatic carbocycles. The molecule has 2 unspecified atom stereocenters. The van der Waals surface area contributed by atoms with Gasteiger partial charge >= 0.3 is 5.97 Å². The van der Waals surface area contributed by atoms with Gasteiger partial charge in [-0.1, -0.05) is 26.0 Å². The van der Waals surface area contributed by atoms with Crippen LogP contribution in [0.5, 0.6) is 0 Å². The molecular weight excluding hydrogens is 252 g/mol. The van der Waals surface area contributed by atoms with Gasteiger partial charge in [0.2, 0.25) is 0 Å². The minimum absolute atomic E-state index is 0.00481. The Morgan fingerprint density at radius 3 is 2.55 bits per heavy atom. The first-order chi connectivity index (χ1) is 9.35. The van der Waals surface area contributed by atoms with Crippen molar-refractivity contribution in [2.24, 2.45) is 11.3 Å². The summed E-state index contributed by atoms with van der Waals surface area (Å²) in [6, 6.07) is 8.28. The van der Waals surface area contributed by atoms with Crippen molar-refractivity contribution >= 4 is 17.0 Å². The third-order valence-corrected chi connectivity index (χ3v) is 4.51. The van der Waals surface area contributed by atoms with Crippen molar-refractivity contribution in [3.63, 3.8) is 0 Å². The molecule has 1 aromatic heterocycles. The van der Waals surface area contributed by atoms with Crippen LogP contribution in [-0.2, 0) is 4.79 Å². The first-order valence-electron chi connectivity index (χ1n) is 7.05. The molecule has 1 fully saturated rings. The van der Waals surface area contributed by atoms with Crippen LogP contribution in [0.15, 0.2) is 24.3 Å². The smallest absolute Gasteiger partial charge is 0.307 e. The van der Waals surface area contributed by atoms with Crippen molar-refractivity contribution in [2.75, 3.05) is 0 Å². The average Bonchev–Trinajstić information content (AvgIpc) is 2.77. The van der Waals surface area contributed by atoms with Gasteiger partial charge in [-0.2, -0.15) is 0 Å². The number of carboxylic acid groups (broad SMARTS) is 1. The van der Waals surface area contributed by atoms with Crippen molar-refractivity contribution in [2.45, 2.75) is 39.7 Å². The molecule has 0 saturated heterocycles. The topological polar surface area (TPSA) is 55.1 Å². The zero-order valence-electron chi connectivity index (χ0n) is 12.3. The Hall–Kier alpha value is -1.84. The third-order valence-electron chi connectivity index (χ3n) is 4.51. The molecule has 0 bridgehead atoms. The number of aliphatic carboxylic acids is 1. The summed E-state index contributed by atoms with van der Waals surface area (Å²) in [6.07, 6.45) is 0. The molecule has 4 nitrogen and oxygen atoms in total. The second kappa shape index (κ2) is 4.08. The number of hydrogen-bond donors (Lipinski definition) is 1. The van der Waals surface area contributed by atoms with Crippen LogP contribution in [0, 0.1) is 11.3 Å². The normalized spacial score (nSPS) is 24.2. The minimum atomic E-state index is -0.720. The summed E-state index contributed by atoms with van der Waals surface area (Å²) in [5, 5.41) is 9.39. The van der Waals surface area contributed by atoms with Gasteiger partial charge in [-0.05, 0) is 31.4 Å². The summed E-state index contributed by atoms with van der Waals surface area (Å²) in [5.41, 5.74) is 1.81. The van der Waals surface area contributed by atoms with E-state index in [2.05, 4.69) is 24.5 Å². The molecule has 20 heavy (non-hydrogen) atoms. The van der Waals surface area contributed by atoms with Crippen molar-refractivity contribution in [1.29, 1.82) is 0 Å². The predicted molar refractivity (Wildman–Crippen MR) is 77.8 cm³/mol. The monoisotopic (exact) mass is 272 g/mol. The molecular formula is C16H20N2O2. The Kier molecular flexibility index (Phi) is 2.68. The molecule has 1 aliphatic rings. The van der Waals surface area contributed by atoms with E-state index in [4.69, 9.17) is 4.98 Å². The van der Waals surface area contributed by atoms with Crippen molar-refractivity contribution in [1.82, 2.24) is 9.55 Å². The first kappa shape index (κ1) is 13.2. The summed E-state index contributed by atoms with van der Waals surface area (Å²) < 4.78 is 2.19. The van der Waals surface area contributed by atoms with E-state index in [1.807, 2.05) is 32.0 Å². The van der Waals surface area contributed by atoms with Gasteiger partial charge in [0, 0.05) is 12.0 Å². The lowest BCUT2D eigenvalue weighted by atomic mass is 10.1. The molecule has 3 rings (SSSR count). The van der Waals surface area contributed by atoms with Gasteiger partial charge in [-0.25, -0.2) is 4.98 Å². The Balaban J connectivity index is 2.18. The number of nitrogens with zero attached hydrogens (tertiary/aromatic N) is 2. The van der Waals surface area contributed by atoms with E-state index in [-0.39, 0.29) is 23.3 Å². The maximum Gasteiger partial charge on any atom is 0.307 e. The Morgan fingerprint density at radius 2 is 2.00 bits per heavy atom. The third kappa shape index (κ3) is 1.67. The number of carbonyl (C=O) groups is 1. The first-order valence-corrected chi connectivity index (χ1v) is 7.05. The lowest BCUT2D eigenvalue weighted by Crippen LogP contribution is -2.08. The van der Waals surface area contributed by atoms with Crippen LogP contribution in [0.3, 0.4) is 0 Å². The van der Waals surface area contributed by atoms with Gasteiger partial charge in [-0.3, -0.25) is 4.79 Å². The zero-order valence-corrected chi connectivity index (χ0v) is 12.3. The van der Waals surface area contributed by atoms with Crippen LogP contribution in [0.25, 0.3) is 11.0 Å². The fraction of sp³-hybridized carbons (Fsp3) is 0.500. The highest BCUT2D eigenvalue weighted by molar-refractivity contribution is 5.80. The highest BCUT2D eigenvalue weighted by atomic mass is 16.4. The minimum Gasteiger partial charge on any atom is -0.481 e. The fourth-order valence-corrected chi connectivity index (χ4v) is 3.41. The number of rotatable bonds is 3. The van der Waals surface area contributed by atoms with Crippen LogP contribution >= 0.6 is 0 Å². The number of hydrogen-bond acceptors (Lipinski definition) is 2. The summed E-state index contributed by atoms with van der Waals surface area (Å²) in [4.78, 5) is 16.1. The average molecular weight is 272 g/mol. The second-order valence-corrected chi connectivity index (χ2v) is 6.54. The molecule has 2 aromatic rings. The van der Waals surface area contributed by atoms with Gasteiger partial charge in [0.15, 0.2) is 0 Å². The van der Waals surface area contributed by atoms with E-state index in [1.165, 1.54) is 0 Å². The lowest BCUT2D eigenvalue weighted by Gasteiger charge is -2.13. The van der Waals surface area contributed by atoms with E-state index >= 15 is 0 Å². The van der Waals surface area contributed by atoms with Crippen LogP contribution in [0.1, 0.15) is 45.5 Å². The quantitative estimate of drug-likeness (QED) is 0.931. The molecule has 1 saturated carbocycles. The Labute approximate surface area is 118 Å². The predicted octanol–water partition coefficient (Wildman–Crippen LogP) is 3.44. The molecule has 0 radical (unpaired) electrons. The summed E-state index contributed by atoms with van der Waals surface area (Å²) in [6.45, 7) is 8.26. The van der Waals surface area contributed by atoms with Gasteiger partial charge in [0.05, 0.1) is 17.0 Å². The standard InChI is InChI=1S/C16H20N2O2/c1-9(2)18-11-8-6-5-7-10(11)17-14(18)12-13(15(19)20)16(12,3)4/h5-9,12-13H,1-4H3,(H,19,20). The molecule has 4 heteroatoms. The molecule has 1 heterocycles. The molecule has 0 amide bonds. The molecule has 1 aromatic carbocycles. The van der Waals surface area contributed by atoms with Crippen molar-refractivity contribution in [3.8, 4) is 0 Å². The largest absolute Gasteiger partial charge is 0.481 e. The number of fused-ring (bicyclic) bond motifs is 1. The second-order valence-electron chi connectivity index (χ2n) is 6.54. The highest BCUT2D eigenvalue weighted by Crippen LogP contribution is 2.64. The van der Waals surface area contributed by atoms with Gasteiger partial charge in [0.25, 0.3) is 0 Å². The number of benzene rings is 1. The summed E-state index contributed by atoms with van der Waals surface area (Å²) in [7, 11) is 0. The van der Waals surface area contributed by atoms with Crippen molar-refractivity contribution in [3.05, 3.63) is 30.1 Å². The van der Waals surface area contributed by atoms with E-state index in [9.17, 15) is 9.90 Å². The molecule has 0 aliphatic heterocycles. The number of para-hydroxylation sites is 2. The molecule has 1 N–H and O–H groups in total. The van der Waals surface area contributed by atoms with E-state index < -0.39 is 5.97 Å². The van der Waals surface area contributed by atoms with Crippen molar-refractivity contribution < 1.29 is 9.90 Å². The highest BCUT2D eigenvalue weighted by Gasteiger charge is 2.64. The Morgan fingerprint density at radius 1 is 1.35 bits per heavy atom. The lowest BCUT2D eigenvalue weighted by molar-refractivity contribution is -0.139. The van der Waals surface area contributed by atoms with Gasteiger partial charge in [-0.15, -0.1) is 0 Å². The van der Waals surface area contributed by atoms with E-state index in [1.54, 1.807) is 0 Å². The SMILES string of the molecule is CC(C)n1c(C2C(C(=O)O)C2(C)C)nc2ccccc21. The summed E-state index contributed by atoms with van der Waals surface area (Å²) in [5.74, 6) is -0.146. The maximum absolute atomic E-state index is 11.4. The fourth-order valence-electron chi connectivity index (χ4n) is 3.41. The zero-order chi connectivity index (χ0) is 14.7. The van der Waals surface area contributed by atoms with Crippen LogP contribution in [-0.4, -0.2) is 20.6 Å². The molecule has 2 atom stereocenters. The van der Waals surface area contributed by atoms with E-state index in [0.717, 1.165) is 16.9 Å². The van der Waals surface area contributed by atoms with Gasteiger partial charge < -0.3 is 9.67 Å². The van der Waals surface area contributed by atoms with Crippen LogP contribution in [0.2, 0.25) is 0 Å². The maximum atomic E-state index is 11.4. The number of aromatic nitrogens is 2. The Bertz CT molecular complexity index is 685. The number of imidazole rings is 1. The summed E-state index contributed by atoms with van der Waals surface area (Å²) >= 11 is 0.